The summed E-state index contributed by atoms with van der Waals surface area (Å²) in [5, 5.41) is 13.1. The summed E-state index contributed by atoms with van der Waals surface area (Å²) in [5.74, 6) is 2.14. The van der Waals surface area contributed by atoms with Gasteiger partial charge in [0.25, 0.3) is 0 Å². The Bertz CT molecular complexity index is 131. The van der Waals surface area contributed by atoms with Gasteiger partial charge in [0.1, 0.15) is 6.23 Å². The van der Waals surface area contributed by atoms with E-state index < -0.39 is 0 Å². The van der Waals surface area contributed by atoms with Gasteiger partial charge in [-0.25, -0.2) is 0 Å². The van der Waals surface area contributed by atoms with Crippen molar-refractivity contribution in [3.63, 3.8) is 0 Å². The summed E-state index contributed by atoms with van der Waals surface area (Å²) in [6, 6.07) is 0. The minimum atomic E-state index is -0.230. The number of aliphatic hydroxyl groups excluding tert-OH is 1. The second-order valence-corrected chi connectivity index (χ2v) is 4.46. The van der Waals surface area contributed by atoms with E-state index >= 15 is 0 Å². The number of nitrogens with one attached hydrogen (secondary N) is 1. The molecular weight excluding hydrogens is 146 g/mol. The molecular formula is C7H13NOS. The van der Waals surface area contributed by atoms with Gasteiger partial charge in [0.15, 0.2) is 0 Å². The Labute approximate surface area is 65.4 Å². The Hall–Kier alpha value is 0.270. The number of aliphatic hydroxyl groups is 1. The maximum atomic E-state index is 9.23. The summed E-state index contributed by atoms with van der Waals surface area (Å²) in [6.07, 6.45) is 2.07. The molecule has 0 radical (unpaired) electrons. The number of fused-ring (bicyclic) bond motifs is 1. The van der Waals surface area contributed by atoms with Crippen molar-refractivity contribution >= 4 is 11.8 Å². The monoisotopic (exact) mass is 159 g/mol. The number of hydrogen-bond donors (Lipinski definition) is 2. The van der Waals surface area contributed by atoms with Crippen LogP contribution in [-0.2, 0) is 0 Å². The molecule has 2 rings (SSSR count). The van der Waals surface area contributed by atoms with Crippen molar-refractivity contribution in [1.82, 2.24) is 5.32 Å². The van der Waals surface area contributed by atoms with Crippen LogP contribution in [0.5, 0.6) is 0 Å². The van der Waals surface area contributed by atoms with Gasteiger partial charge in [0.2, 0.25) is 0 Å². The van der Waals surface area contributed by atoms with Crippen LogP contribution in [0.4, 0.5) is 0 Å². The van der Waals surface area contributed by atoms with Gasteiger partial charge in [0, 0.05) is 11.8 Å². The lowest BCUT2D eigenvalue weighted by Gasteiger charge is -2.28. The van der Waals surface area contributed by atoms with E-state index in [4.69, 9.17) is 0 Å². The molecule has 0 aromatic heterocycles. The Morgan fingerprint density at radius 1 is 1.50 bits per heavy atom. The van der Waals surface area contributed by atoms with Crippen molar-refractivity contribution in [3.8, 4) is 0 Å². The highest BCUT2D eigenvalue weighted by Crippen LogP contribution is 2.36. The molecule has 0 amide bonds. The van der Waals surface area contributed by atoms with Gasteiger partial charge in [-0.2, -0.15) is 11.8 Å². The lowest BCUT2D eigenvalue weighted by molar-refractivity contribution is 0.0940. The molecule has 58 valence electrons. The van der Waals surface area contributed by atoms with Crippen LogP contribution < -0.4 is 5.32 Å². The highest BCUT2D eigenvalue weighted by molar-refractivity contribution is 8.00. The quantitative estimate of drug-likeness (QED) is 0.537. The molecule has 2 N–H and O–H groups in total. The van der Waals surface area contributed by atoms with Crippen molar-refractivity contribution in [2.75, 3.05) is 12.3 Å². The molecule has 0 bridgehead atoms. The molecule has 3 heteroatoms. The Balaban J connectivity index is 1.96. The molecule has 2 nitrogen and oxygen atoms in total. The van der Waals surface area contributed by atoms with Crippen LogP contribution in [0.25, 0.3) is 0 Å². The number of hydrogen-bond acceptors (Lipinski definition) is 3. The van der Waals surface area contributed by atoms with Crippen molar-refractivity contribution in [1.29, 1.82) is 0 Å². The SMILES string of the molecule is O[C@@H]1C[C@@H]2SCC[C@@H]2CN1. The lowest BCUT2D eigenvalue weighted by atomic mass is 9.96. The summed E-state index contributed by atoms with van der Waals surface area (Å²) in [4.78, 5) is 0. The predicted molar refractivity (Wildman–Crippen MR) is 43.0 cm³/mol. The first kappa shape index (κ1) is 6.95. The smallest absolute Gasteiger partial charge is 0.105 e. The molecule has 2 aliphatic rings. The number of thioether (sulfide) groups is 1. The first-order valence-electron chi connectivity index (χ1n) is 3.89. The highest BCUT2D eigenvalue weighted by atomic mass is 32.2. The zero-order valence-corrected chi connectivity index (χ0v) is 6.73. The van der Waals surface area contributed by atoms with E-state index in [2.05, 4.69) is 5.32 Å². The molecule has 0 aromatic carbocycles. The van der Waals surface area contributed by atoms with E-state index in [9.17, 15) is 5.11 Å². The van der Waals surface area contributed by atoms with E-state index in [0.29, 0.717) is 0 Å². The van der Waals surface area contributed by atoms with Gasteiger partial charge >= 0.3 is 0 Å². The van der Waals surface area contributed by atoms with Crippen LogP contribution in [0.1, 0.15) is 12.8 Å². The maximum Gasteiger partial charge on any atom is 0.105 e. The van der Waals surface area contributed by atoms with Crippen molar-refractivity contribution in [2.45, 2.75) is 24.3 Å². The van der Waals surface area contributed by atoms with Gasteiger partial charge in [-0.1, -0.05) is 0 Å². The standard InChI is InChI=1S/C7H13NOS/c9-7-3-6-5(4-8-7)1-2-10-6/h5-9H,1-4H2/t5-,6+,7-/m1/s1. The average Bonchev–Trinajstić information content (AvgIpc) is 2.33. The van der Waals surface area contributed by atoms with Gasteiger partial charge in [-0.05, 0) is 24.5 Å². The van der Waals surface area contributed by atoms with Gasteiger partial charge < -0.3 is 5.11 Å². The number of rotatable bonds is 0. The van der Waals surface area contributed by atoms with E-state index in [1.165, 1.54) is 12.2 Å². The molecule has 2 aliphatic heterocycles. The minimum absolute atomic E-state index is 0.230. The molecule has 2 fully saturated rings. The molecule has 10 heavy (non-hydrogen) atoms. The molecule has 0 saturated carbocycles. The van der Waals surface area contributed by atoms with Gasteiger partial charge in [-0.15, -0.1) is 0 Å². The van der Waals surface area contributed by atoms with Crippen molar-refractivity contribution in [2.24, 2.45) is 5.92 Å². The third-order valence-electron chi connectivity index (χ3n) is 2.42. The third-order valence-corrected chi connectivity index (χ3v) is 3.89. The molecule has 0 aliphatic carbocycles. The lowest BCUT2D eigenvalue weighted by Crippen LogP contribution is -2.43. The molecule has 0 aromatic rings. The summed E-state index contributed by atoms with van der Waals surface area (Å²) < 4.78 is 0. The first-order chi connectivity index (χ1) is 4.86. The summed E-state index contributed by atoms with van der Waals surface area (Å²) >= 11 is 2.03. The second-order valence-electron chi connectivity index (χ2n) is 3.12. The first-order valence-corrected chi connectivity index (χ1v) is 4.94. The molecule has 3 atom stereocenters. The molecule has 2 heterocycles. The van der Waals surface area contributed by atoms with Crippen LogP contribution in [0.15, 0.2) is 0 Å². The fourth-order valence-electron chi connectivity index (χ4n) is 1.78. The Kier molecular flexibility index (Phi) is 1.89. The normalized spacial score (nSPS) is 47.1. The van der Waals surface area contributed by atoms with E-state index in [-0.39, 0.29) is 6.23 Å². The maximum absolute atomic E-state index is 9.23. The Morgan fingerprint density at radius 3 is 3.30 bits per heavy atom. The van der Waals surface area contributed by atoms with Crippen LogP contribution >= 0.6 is 11.8 Å². The molecule has 0 spiro atoms. The summed E-state index contributed by atoms with van der Waals surface area (Å²) in [5.41, 5.74) is 0. The second kappa shape index (κ2) is 2.72. The van der Waals surface area contributed by atoms with Crippen molar-refractivity contribution in [3.05, 3.63) is 0 Å². The van der Waals surface area contributed by atoms with Crippen LogP contribution in [0.2, 0.25) is 0 Å². The Morgan fingerprint density at radius 2 is 2.40 bits per heavy atom. The zero-order chi connectivity index (χ0) is 6.97. The largest absolute Gasteiger partial charge is 0.379 e. The third kappa shape index (κ3) is 1.18. The topological polar surface area (TPSA) is 32.3 Å². The van der Waals surface area contributed by atoms with Gasteiger partial charge in [0.05, 0.1) is 0 Å². The average molecular weight is 159 g/mol. The van der Waals surface area contributed by atoms with Crippen LogP contribution in [-0.4, -0.2) is 28.9 Å². The number of piperidine rings is 1. The summed E-state index contributed by atoms with van der Waals surface area (Å²) in [6.45, 7) is 1.03. The fourth-order valence-corrected chi connectivity index (χ4v) is 3.34. The zero-order valence-electron chi connectivity index (χ0n) is 5.92. The molecule has 2 saturated heterocycles. The highest BCUT2D eigenvalue weighted by Gasteiger charge is 2.33. The summed E-state index contributed by atoms with van der Waals surface area (Å²) in [7, 11) is 0. The minimum Gasteiger partial charge on any atom is -0.379 e. The van der Waals surface area contributed by atoms with E-state index in [0.717, 1.165) is 24.1 Å². The van der Waals surface area contributed by atoms with Crippen molar-refractivity contribution < 1.29 is 5.11 Å². The van der Waals surface area contributed by atoms with Crippen LogP contribution in [0.3, 0.4) is 0 Å². The van der Waals surface area contributed by atoms with E-state index in [1.807, 2.05) is 11.8 Å². The molecule has 0 unspecified atom stereocenters. The fraction of sp³-hybridized carbons (Fsp3) is 1.00. The predicted octanol–water partition coefficient (Wildman–Crippen LogP) is 0.420. The van der Waals surface area contributed by atoms with E-state index in [1.54, 1.807) is 0 Å². The van der Waals surface area contributed by atoms with Crippen LogP contribution in [0, 0.1) is 5.92 Å². The van der Waals surface area contributed by atoms with Gasteiger partial charge in [-0.3, -0.25) is 5.32 Å².